The monoisotopic (exact) mass is 224 g/mol. The van der Waals surface area contributed by atoms with E-state index in [1.165, 1.54) is 0 Å². The molecule has 2 heteroatoms. The summed E-state index contributed by atoms with van der Waals surface area (Å²) in [5.41, 5.74) is 1.73. The first-order valence-electron chi connectivity index (χ1n) is 3.63. The van der Waals surface area contributed by atoms with Crippen LogP contribution >= 0.6 is 15.9 Å². The third-order valence-electron chi connectivity index (χ3n) is 1.63. The molecule has 0 N–H and O–H groups in total. The minimum Gasteiger partial charge on any atom is -0.298 e. The van der Waals surface area contributed by atoms with Crippen molar-refractivity contribution in [2.24, 2.45) is 0 Å². The van der Waals surface area contributed by atoms with Crippen molar-refractivity contribution in [2.45, 2.75) is 6.42 Å². The quantitative estimate of drug-likeness (QED) is 0.570. The smallest absolute Gasteiger partial charge is 0.150 e. The topological polar surface area (TPSA) is 17.1 Å². The second-order valence-corrected chi connectivity index (χ2v) is 3.27. The Bertz CT molecular complexity index is 305. The van der Waals surface area contributed by atoms with Crippen LogP contribution in [0.3, 0.4) is 0 Å². The van der Waals surface area contributed by atoms with E-state index < -0.39 is 0 Å². The van der Waals surface area contributed by atoms with Gasteiger partial charge in [-0.1, -0.05) is 34.1 Å². The van der Waals surface area contributed by atoms with Crippen molar-refractivity contribution in [1.29, 1.82) is 0 Å². The number of carbonyl (C=O) groups excluding carboxylic acids is 1. The van der Waals surface area contributed by atoms with E-state index in [0.717, 1.165) is 28.3 Å². The van der Waals surface area contributed by atoms with Crippen LogP contribution in [0.4, 0.5) is 0 Å². The van der Waals surface area contributed by atoms with Crippen LogP contribution in [0.5, 0.6) is 0 Å². The van der Waals surface area contributed by atoms with Crippen molar-refractivity contribution in [3.8, 4) is 0 Å². The maximum Gasteiger partial charge on any atom is 0.150 e. The molecular weight excluding hydrogens is 216 g/mol. The van der Waals surface area contributed by atoms with Crippen molar-refractivity contribution >= 4 is 22.2 Å². The molecule has 0 atom stereocenters. The summed E-state index contributed by atoms with van der Waals surface area (Å²) >= 11 is 3.38. The number of halogens is 1. The van der Waals surface area contributed by atoms with Gasteiger partial charge in [-0.05, 0) is 18.1 Å². The lowest BCUT2D eigenvalue weighted by Gasteiger charge is -2.03. The van der Waals surface area contributed by atoms with E-state index >= 15 is 0 Å². The Hall–Kier alpha value is -0.890. The van der Waals surface area contributed by atoms with Gasteiger partial charge in [0.05, 0.1) is 0 Å². The van der Waals surface area contributed by atoms with Crippen molar-refractivity contribution < 1.29 is 4.79 Å². The van der Waals surface area contributed by atoms with E-state index in [1.807, 2.05) is 12.1 Å². The summed E-state index contributed by atoms with van der Waals surface area (Å²) in [6.45, 7) is 3.64. The van der Waals surface area contributed by atoms with Gasteiger partial charge in [-0.15, -0.1) is 6.58 Å². The van der Waals surface area contributed by atoms with Gasteiger partial charge in [0.1, 0.15) is 6.29 Å². The first kappa shape index (κ1) is 9.20. The number of hydrogen-bond donors (Lipinski definition) is 0. The van der Waals surface area contributed by atoms with Crippen molar-refractivity contribution in [3.63, 3.8) is 0 Å². The number of allylic oxidation sites excluding steroid dienone is 1. The second kappa shape index (κ2) is 4.21. The fourth-order valence-electron chi connectivity index (χ4n) is 1.05. The van der Waals surface area contributed by atoms with Gasteiger partial charge in [0, 0.05) is 10.0 Å². The second-order valence-electron chi connectivity index (χ2n) is 2.42. The molecule has 0 aliphatic rings. The van der Waals surface area contributed by atoms with Gasteiger partial charge in [0.2, 0.25) is 0 Å². The highest BCUT2D eigenvalue weighted by Crippen LogP contribution is 2.20. The third-order valence-corrected chi connectivity index (χ3v) is 2.37. The van der Waals surface area contributed by atoms with Gasteiger partial charge in [0.25, 0.3) is 0 Å². The van der Waals surface area contributed by atoms with Crippen molar-refractivity contribution in [2.75, 3.05) is 0 Å². The molecule has 1 nitrogen and oxygen atoms in total. The zero-order valence-electron chi connectivity index (χ0n) is 6.59. The molecule has 0 saturated carbocycles. The van der Waals surface area contributed by atoms with E-state index in [0.29, 0.717) is 0 Å². The van der Waals surface area contributed by atoms with E-state index in [9.17, 15) is 4.79 Å². The molecule has 0 fully saturated rings. The molecule has 0 spiro atoms. The number of hydrogen-bond acceptors (Lipinski definition) is 1. The first-order chi connectivity index (χ1) is 5.79. The fraction of sp³-hybridized carbons (Fsp3) is 0.100. The van der Waals surface area contributed by atoms with Crippen molar-refractivity contribution in [1.82, 2.24) is 0 Å². The predicted octanol–water partition coefficient (Wildman–Crippen LogP) is 2.99. The van der Waals surface area contributed by atoms with Gasteiger partial charge in [-0.3, -0.25) is 4.79 Å². The molecule has 1 rings (SSSR count). The molecule has 0 radical (unpaired) electrons. The molecule has 0 amide bonds. The summed E-state index contributed by atoms with van der Waals surface area (Å²) in [4.78, 5) is 10.6. The highest BCUT2D eigenvalue weighted by Gasteiger charge is 2.02. The minimum atomic E-state index is 0.718. The number of carbonyl (C=O) groups is 1. The molecule has 1 aromatic rings. The van der Waals surface area contributed by atoms with Gasteiger partial charge in [0.15, 0.2) is 0 Å². The Kier molecular flexibility index (Phi) is 3.23. The molecule has 0 aliphatic heterocycles. The van der Waals surface area contributed by atoms with E-state index in [1.54, 1.807) is 12.1 Å². The zero-order valence-corrected chi connectivity index (χ0v) is 8.17. The average molecular weight is 225 g/mol. The highest BCUT2D eigenvalue weighted by atomic mass is 79.9. The molecule has 62 valence electrons. The summed E-state index contributed by atoms with van der Waals surface area (Å²) in [6.07, 6.45) is 3.37. The average Bonchev–Trinajstić information content (AvgIpc) is 2.09. The van der Waals surface area contributed by atoms with Gasteiger partial charge in [-0.2, -0.15) is 0 Å². The van der Waals surface area contributed by atoms with Crippen LogP contribution in [0.25, 0.3) is 0 Å². The summed E-state index contributed by atoms with van der Waals surface area (Å²) in [7, 11) is 0. The molecule has 0 aromatic heterocycles. The molecule has 0 unspecified atom stereocenters. The lowest BCUT2D eigenvalue weighted by atomic mass is 10.1. The van der Waals surface area contributed by atoms with Crippen LogP contribution in [0.1, 0.15) is 15.9 Å². The molecule has 0 saturated heterocycles. The fourth-order valence-corrected chi connectivity index (χ4v) is 1.59. The van der Waals surface area contributed by atoms with Gasteiger partial charge < -0.3 is 0 Å². The molecule has 1 aromatic carbocycles. The standard InChI is InChI=1S/C10H9BrO/c1-2-4-9-8(7-12)5-3-6-10(9)11/h2-3,5-7H,1,4H2. The summed E-state index contributed by atoms with van der Waals surface area (Å²) in [6, 6.07) is 5.57. The lowest BCUT2D eigenvalue weighted by molar-refractivity contribution is 0.112. The van der Waals surface area contributed by atoms with E-state index in [4.69, 9.17) is 0 Å². The predicted molar refractivity (Wildman–Crippen MR) is 53.4 cm³/mol. The van der Waals surface area contributed by atoms with Crippen molar-refractivity contribution in [3.05, 3.63) is 46.5 Å². The van der Waals surface area contributed by atoms with Crippen LogP contribution in [0.2, 0.25) is 0 Å². The molecule has 0 bridgehead atoms. The summed E-state index contributed by atoms with van der Waals surface area (Å²) < 4.78 is 0.965. The zero-order chi connectivity index (χ0) is 8.97. The molecule has 0 heterocycles. The Labute approximate surface area is 80.2 Å². The highest BCUT2D eigenvalue weighted by molar-refractivity contribution is 9.10. The van der Waals surface area contributed by atoms with Crippen LogP contribution in [-0.4, -0.2) is 6.29 Å². The van der Waals surface area contributed by atoms with Crippen LogP contribution < -0.4 is 0 Å². The summed E-state index contributed by atoms with van der Waals surface area (Å²) in [5, 5.41) is 0. The van der Waals surface area contributed by atoms with Crippen LogP contribution in [-0.2, 0) is 6.42 Å². The Balaban J connectivity index is 3.18. The maximum absolute atomic E-state index is 10.6. The number of benzene rings is 1. The Morgan fingerprint density at radius 2 is 2.25 bits per heavy atom. The molecular formula is C10H9BrO. The van der Waals surface area contributed by atoms with Crippen LogP contribution in [0.15, 0.2) is 35.3 Å². The van der Waals surface area contributed by atoms with Gasteiger partial charge >= 0.3 is 0 Å². The third kappa shape index (κ3) is 1.83. The Morgan fingerprint density at radius 3 is 2.83 bits per heavy atom. The normalized spacial score (nSPS) is 9.42. The number of rotatable bonds is 3. The van der Waals surface area contributed by atoms with E-state index in [-0.39, 0.29) is 0 Å². The van der Waals surface area contributed by atoms with E-state index in [2.05, 4.69) is 22.5 Å². The van der Waals surface area contributed by atoms with Crippen LogP contribution in [0, 0.1) is 0 Å². The maximum atomic E-state index is 10.6. The first-order valence-corrected chi connectivity index (χ1v) is 4.42. The molecule has 0 aliphatic carbocycles. The summed E-state index contributed by atoms with van der Waals surface area (Å²) in [5.74, 6) is 0. The lowest BCUT2D eigenvalue weighted by Crippen LogP contribution is -1.91. The number of aldehydes is 1. The Morgan fingerprint density at radius 1 is 1.50 bits per heavy atom. The SMILES string of the molecule is C=CCc1c(Br)cccc1C=O. The molecule has 12 heavy (non-hydrogen) atoms. The van der Waals surface area contributed by atoms with Gasteiger partial charge in [-0.25, -0.2) is 0 Å². The largest absolute Gasteiger partial charge is 0.298 e. The minimum absolute atomic E-state index is 0.718.